The molecular formula is C8H6F2N6O. The normalized spacial score (nSPS) is 10.2. The minimum absolute atomic E-state index is 0.177. The number of rotatable bonds is 3. The molecule has 0 aliphatic carbocycles. The zero-order chi connectivity index (χ0) is 12.3. The second-order valence-electron chi connectivity index (χ2n) is 3.03. The number of hydrogen-bond acceptors (Lipinski definition) is 5. The van der Waals surface area contributed by atoms with Crippen molar-refractivity contribution >= 4 is 11.6 Å². The summed E-state index contributed by atoms with van der Waals surface area (Å²) in [6.07, 6.45) is 1.23. The number of nitrogens with zero attached hydrogens (tertiary/aromatic N) is 5. The quantitative estimate of drug-likeness (QED) is 0.762. The fraction of sp³-hybridized carbons (Fsp3) is 0.125. The van der Waals surface area contributed by atoms with Gasteiger partial charge in [-0.25, -0.2) is 4.68 Å². The van der Waals surface area contributed by atoms with Crippen LogP contribution in [0.3, 0.4) is 0 Å². The second kappa shape index (κ2) is 4.60. The molecule has 0 bridgehead atoms. The lowest BCUT2D eigenvalue weighted by Crippen LogP contribution is -2.20. The minimum atomic E-state index is -1.09. The molecule has 1 N–H and O–H groups in total. The van der Waals surface area contributed by atoms with Crippen LogP contribution in [-0.2, 0) is 11.3 Å². The third kappa shape index (κ3) is 2.77. The van der Waals surface area contributed by atoms with Gasteiger partial charge in [-0.3, -0.25) is 4.79 Å². The second-order valence-corrected chi connectivity index (χ2v) is 3.03. The molecule has 0 spiro atoms. The van der Waals surface area contributed by atoms with Crippen LogP contribution < -0.4 is 5.32 Å². The Morgan fingerprint density at radius 1 is 1.41 bits per heavy atom. The van der Waals surface area contributed by atoms with E-state index in [2.05, 4.69) is 25.8 Å². The fourth-order valence-electron chi connectivity index (χ4n) is 1.09. The van der Waals surface area contributed by atoms with Crippen molar-refractivity contribution in [2.75, 3.05) is 5.32 Å². The smallest absolute Gasteiger partial charge is 0.246 e. The van der Waals surface area contributed by atoms with Crippen molar-refractivity contribution in [1.29, 1.82) is 0 Å². The molecular weight excluding hydrogens is 234 g/mol. The van der Waals surface area contributed by atoms with E-state index in [1.807, 2.05) is 0 Å². The van der Waals surface area contributed by atoms with Crippen molar-refractivity contribution < 1.29 is 13.6 Å². The molecule has 2 rings (SSSR count). The summed E-state index contributed by atoms with van der Waals surface area (Å²) in [5, 5.41) is 12.3. The van der Waals surface area contributed by atoms with Crippen LogP contribution in [-0.4, -0.2) is 31.1 Å². The molecule has 0 radical (unpaired) electrons. The molecule has 0 aromatic carbocycles. The molecule has 0 saturated heterocycles. The number of carbonyl (C=O) groups is 1. The number of hydrogen-bond donors (Lipinski definition) is 1. The molecule has 7 nitrogen and oxygen atoms in total. The van der Waals surface area contributed by atoms with Crippen LogP contribution in [0.2, 0.25) is 0 Å². The fourth-order valence-corrected chi connectivity index (χ4v) is 1.09. The maximum atomic E-state index is 13.1. The van der Waals surface area contributed by atoms with Gasteiger partial charge in [-0.15, -0.1) is 5.10 Å². The van der Waals surface area contributed by atoms with Gasteiger partial charge in [-0.2, -0.15) is 13.8 Å². The predicted molar refractivity (Wildman–Crippen MR) is 50.6 cm³/mol. The molecule has 0 aliphatic heterocycles. The van der Waals surface area contributed by atoms with Crippen LogP contribution in [0.1, 0.15) is 0 Å². The third-order valence-electron chi connectivity index (χ3n) is 1.79. The summed E-state index contributed by atoms with van der Waals surface area (Å²) in [5.74, 6) is -2.60. The summed E-state index contributed by atoms with van der Waals surface area (Å²) in [4.78, 5) is 14.3. The van der Waals surface area contributed by atoms with E-state index in [9.17, 15) is 13.6 Å². The van der Waals surface area contributed by atoms with Crippen molar-refractivity contribution in [2.24, 2.45) is 0 Å². The molecule has 17 heavy (non-hydrogen) atoms. The number of pyridine rings is 1. The SMILES string of the molecule is O=C(Cn1cnnn1)Nc1ccc(F)nc1F. The monoisotopic (exact) mass is 240 g/mol. The lowest BCUT2D eigenvalue weighted by molar-refractivity contribution is -0.117. The van der Waals surface area contributed by atoms with Gasteiger partial charge in [0.1, 0.15) is 12.9 Å². The summed E-state index contributed by atoms with van der Waals surface area (Å²) < 4.78 is 26.7. The lowest BCUT2D eigenvalue weighted by Gasteiger charge is -2.04. The average molecular weight is 240 g/mol. The molecule has 2 aromatic rings. The maximum Gasteiger partial charge on any atom is 0.246 e. The Hall–Kier alpha value is -2.45. The zero-order valence-corrected chi connectivity index (χ0v) is 8.34. The molecule has 88 valence electrons. The number of carbonyl (C=O) groups excluding carboxylic acids is 1. The summed E-state index contributed by atoms with van der Waals surface area (Å²) >= 11 is 0. The predicted octanol–water partition coefficient (Wildman–Crippen LogP) is -0.0150. The van der Waals surface area contributed by atoms with Crippen molar-refractivity contribution in [3.63, 3.8) is 0 Å². The Balaban J connectivity index is 2.03. The molecule has 0 aliphatic rings. The van der Waals surface area contributed by atoms with E-state index in [4.69, 9.17) is 0 Å². The highest BCUT2D eigenvalue weighted by atomic mass is 19.1. The van der Waals surface area contributed by atoms with Crippen molar-refractivity contribution in [2.45, 2.75) is 6.54 Å². The molecule has 0 saturated carbocycles. The van der Waals surface area contributed by atoms with E-state index < -0.39 is 17.8 Å². The Labute approximate surface area is 93.5 Å². The first-order valence-electron chi connectivity index (χ1n) is 4.48. The van der Waals surface area contributed by atoms with E-state index >= 15 is 0 Å². The Morgan fingerprint density at radius 3 is 2.88 bits per heavy atom. The van der Waals surface area contributed by atoms with Gasteiger partial charge < -0.3 is 5.32 Å². The average Bonchev–Trinajstić information content (AvgIpc) is 2.75. The molecule has 2 aromatic heterocycles. The first kappa shape index (κ1) is 11.0. The van der Waals surface area contributed by atoms with Crippen LogP contribution in [0.4, 0.5) is 14.5 Å². The van der Waals surface area contributed by atoms with Crippen LogP contribution in [0, 0.1) is 11.9 Å². The van der Waals surface area contributed by atoms with Gasteiger partial charge in [-0.05, 0) is 22.6 Å². The lowest BCUT2D eigenvalue weighted by atomic mass is 10.4. The van der Waals surface area contributed by atoms with Gasteiger partial charge in [0.05, 0.1) is 5.69 Å². The summed E-state index contributed by atoms with van der Waals surface area (Å²) in [6, 6.07) is 2.02. The van der Waals surface area contributed by atoms with Gasteiger partial charge in [0.2, 0.25) is 17.8 Å². The topological polar surface area (TPSA) is 85.6 Å². The maximum absolute atomic E-state index is 13.1. The Kier molecular flexibility index (Phi) is 2.99. The van der Waals surface area contributed by atoms with Crippen LogP contribution in [0.5, 0.6) is 0 Å². The van der Waals surface area contributed by atoms with E-state index in [0.29, 0.717) is 0 Å². The highest BCUT2D eigenvalue weighted by Gasteiger charge is 2.09. The van der Waals surface area contributed by atoms with Gasteiger partial charge in [0, 0.05) is 0 Å². The first-order valence-corrected chi connectivity index (χ1v) is 4.48. The molecule has 0 unspecified atom stereocenters. The first-order chi connectivity index (χ1) is 8.15. The Morgan fingerprint density at radius 2 is 2.24 bits per heavy atom. The summed E-state index contributed by atoms with van der Waals surface area (Å²) in [6.45, 7) is -0.177. The molecule has 0 atom stereocenters. The molecule has 2 heterocycles. The van der Waals surface area contributed by atoms with Crippen LogP contribution in [0.25, 0.3) is 0 Å². The van der Waals surface area contributed by atoms with Gasteiger partial charge in [0.15, 0.2) is 0 Å². The van der Waals surface area contributed by atoms with E-state index in [0.717, 1.165) is 16.8 Å². The number of aromatic nitrogens is 5. The zero-order valence-electron chi connectivity index (χ0n) is 8.34. The number of anilines is 1. The summed E-state index contributed by atoms with van der Waals surface area (Å²) in [7, 11) is 0. The van der Waals surface area contributed by atoms with Crippen molar-refractivity contribution in [1.82, 2.24) is 25.2 Å². The van der Waals surface area contributed by atoms with Crippen molar-refractivity contribution in [3.05, 3.63) is 30.4 Å². The number of tetrazole rings is 1. The highest BCUT2D eigenvalue weighted by Crippen LogP contribution is 2.11. The van der Waals surface area contributed by atoms with Gasteiger partial charge >= 0.3 is 0 Å². The van der Waals surface area contributed by atoms with Gasteiger partial charge in [-0.1, -0.05) is 0 Å². The summed E-state index contributed by atoms with van der Waals surface area (Å²) in [5.41, 5.74) is -0.204. The molecule has 0 fully saturated rings. The van der Waals surface area contributed by atoms with Gasteiger partial charge in [0.25, 0.3) is 0 Å². The third-order valence-corrected chi connectivity index (χ3v) is 1.79. The largest absolute Gasteiger partial charge is 0.321 e. The standard InChI is InChI=1S/C8H6F2N6O/c9-6-2-1-5(8(10)13-6)12-7(17)3-16-4-11-14-15-16/h1-2,4H,3H2,(H,12,17). The highest BCUT2D eigenvalue weighted by molar-refractivity contribution is 5.90. The van der Waals surface area contributed by atoms with E-state index in [-0.39, 0.29) is 12.2 Å². The Bertz CT molecular complexity index is 529. The number of nitrogens with one attached hydrogen (secondary N) is 1. The van der Waals surface area contributed by atoms with E-state index in [1.165, 1.54) is 6.33 Å². The van der Waals surface area contributed by atoms with E-state index in [1.54, 1.807) is 0 Å². The molecule has 9 heteroatoms. The van der Waals surface area contributed by atoms with Crippen molar-refractivity contribution in [3.8, 4) is 0 Å². The van der Waals surface area contributed by atoms with Crippen LogP contribution in [0.15, 0.2) is 18.5 Å². The number of halogens is 2. The minimum Gasteiger partial charge on any atom is -0.321 e. The van der Waals surface area contributed by atoms with Crippen LogP contribution >= 0.6 is 0 Å². The molecule has 1 amide bonds. The number of amides is 1.